The molecule has 3 rings (SSSR count). The highest BCUT2D eigenvalue weighted by Gasteiger charge is 2.25. The number of carbonyl (C=O) groups excluding carboxylic acids is 1. The molecule has 146 valence electrons. The molecule has 0 radical (unpaired) electrons. The molecular weight excluding hydrogens is 470 g/mol. The molecule has 12 heteroatoms. The average Bonchev–Trinajstić information content (AvgIpc) is 2.97. The zero-order valence-corrected chi connectivity index (χ0v) is 17.8. The molecular formula is C16H10Cl4N4O3S. The van der Waals surface area contributed by atoms with Gasteiger partial charge < -0.3 is 0 Å². The summed E-state index contributed by atoms with van der Waals surface area (Å²) in [5, 5.41) is 8.42. The van der Waals surface area contributed by atoms with Crippen LogP contribution in [0.4, 0.5) is 0 Å². The van der Waals surface area contributed by atoms with Crippen molar-refractivity contribution >= 4 is 62.3 Å². The Morgan fingerprint density at radius 2 is 1.64 bits per heavy atom. The predicted octanol–water partition coefficient (Wildman–Crippen LogP) is 4.31. The van der Waals surface area contributed by atoms with Crippen molar-refractivity contribution in [1.82, 2.24) is 19.7 Å². The molecule has 28 heavy (non-hydrogen) atoms. The summed E-state index contributed by atoms with van der Waals surface area (Å²) in [6.07, 6.45) is 0. The van der Waals surface area contributed by atoms with E-state index < -0.39 is 15.9 Å². The standard InChI is InChI=1S/C16H10Cl4N4O3S/c1-8-15(21-23-24(8)12-5-10(18)4-11(19)6-12)16(25)22-28(26,27)14-7-9(17)2-3-13(14)20/h2-7H,1H3,(H,22,25). The third kappa shape index (κ3) is 4.26. The van der Waals surface area contributed by atoms with Crippen molar-refractivity contribution in [2.24, 2.45) is 0 Å². The van der Waals surface area contributed by atoms with Crippen LogP contribution in [0.25, 0.3) is 5.69 Å². The Kier molecular flexibility index (Phi) is 5.88. The fourth-order valence-electron chi connectivity index (χ4n) is 2.35. The number of nitrogens with one attached hydrogen (secondary N) is 1. The van der Waals surface area contributed by atoms with Crippen LogP contribution >= 0.6 is 46.4 Å². The SMILES string of the molecule is Cc1c(C(=O)NS(=O)(=O)c2cc(Cl)ccc2Cl)nnn1-c1cc(Cl)cc(Cl)c1. The number of halogens is 4. The molecule has 0 aliphatic heterocycles. The Bertz CT molecular complexity index is 1170. The molecule has 0 saturated heterocycles. The van der Waals surface area contributed by atoms with Gasteiger partial charge in [-0.2, -0.15) is 0 Å². The Labute approximate surface area is 180 Å². The van der Waals surface area contributed by atoms with Crippen LogP contribution in [0, 0.1) is 6.92 Å². The second-order valence-electron chi connectivity index (χ2n) is 5.57. The van der Waals surface area contributed by atoms with Crippen molar-refractivity contribution in [2.75, 3.05) is 0 Å². The molecule has 1 aromatic heterocycles. The quantitative estimate of drug-likeness (QED) is 0.601. The van der Waals surface area contributed by atoms with Gasteiger partial charge in [-0.1, -0.05) is 51.6 Å². The number of nitrogens with zero attached hydrogens (tertiary/aromatic N) is 3. The summed E-state index contributed by atoms with van der Waals surface area (Å²) in [6, 6.07) is 8.55. The summed E-state index contributed by atoms with van der Waals surface area (Å²) < 4.78 is 28.2. The molecule has 3 aromatic rings. The van der Waals surface area contributed by atoms with E-state index in [1.165, 1.54) is 22.9 Å². The number of hydrogen-bond donors (Lipinski definition) is 1. The Morgan fingerprint density at radius 3 is 2.29 bits per heavy atom. The summed E-state index contributed by atoms with van der Waals surface area (Å²) >= 11 is 23.7. The van der Waals surface area contributed by atoms with E-state index in [0.717, 1.165) is 6.07 Å². The molecule has 1 heterocycles. The van der Waals surface area contributed by atoms with Gasteiger partial charge >= 0.3 is 0 Å². The average molecular weight is 480 g/mol. The van der Waals surface area contributed by atoms with Gasteiger partial charge in [0.25, 0.3) is 15.9 Å². The Morgan fingerprint density at radius 1 is 1.00 bits per heavy atom. The Hall–Kier alpha value is -1.84. The monoisotopic (exact) mass is 478 g/mol. The molecule has 1 amide bonds. The minimum atomic E-state index is -4.28. The molecule has 0 atom stereocenters. The zero-order chi connectivity index (χ0) is 20.6. The van der Waals surface area contributed by atoms with Crippen LogP contribution in [-0.2, 0) is 10.0 Å². The van der Waals surface area contributed by atoms with E-state index in [0.29, 0.717) is 15.7 Å². The van der Waals surface area contributed by atoms with Gasteiger partial charge in [-0.25, -0.2) is 17.8 Å². The van der Waals surface area contributed by atoms with Gasteiger partial charge in [-0.05, 0) is 43.3 Å². The lowest BCUT2D eigenvalue weighted by Gasteiger charge is -2.08. The second-order valence-corrected chi connectivity index (χ2v) is 8.94. The van der Waals surface area contributed by atoms with Crippen molar-refractivity contribution in [3.05, 3.63) is 67.9 Å². The van der Waals surface area contributed by atoms with Crippen LogP contribution in [0.1, 0.15) is 16.2 Å². The largest absolute Gasteiger partial charge is 0.287 e. The highest BCUT2D eigenvalue weighted by Crippen LogP contribution is 2.26. The highest BCUT2D eigenvalue weighted by molar-refractivity contribution is 7.90. The van der Waals surface area contributed by atoms with Crippen molar-refractivity contribution in [3.63, 3.8) is 0 Å². The summed E-state index contributed by atoms with van der Waals surface area (Å²) in [6.45, 7) is 1.54. The summed E-state index contributed by atoms with van der Waals surface area (Å²) in [7, 11) is -4.28. The van der Waals surface area contributed by atoms with Crippen molar-refractivity contribution in [1.29, 1.82) is 0 Å². The lowest BCUT2D eigenvalue weighted by molar-refractivity contribution is 0.0976. The predicted molar refractivity (Wildman–Crippen MR) is 107 cm³/mol. The first-order valence-corrected chi connectivity index (χ1v) is 10.5. The van der Waals surface area contributed by atoms with Gasteiger partial charge in [0, 0.05) is 15.1 Å². The van der Waals surface area contributed by atoms with Gasteiger partial charge in [-0.15, -0.1) is 5.10 Å². The fraction of sp³-hybridized carbons (Fsp3) is 0.0625. The van der Waals surface area contributed by atoms with E-state index in [4.69, 9.17) is 46.4 Å². The third-order valence-corrected chi connectivity index (χ3v) is 6.10. The minimum absolute atomic E-state index is 0.0846. The summed E-state index contributed by atoms with van der Waals surface area (Å²) in [5.74, 6) is -0.979. The zero-order valence-electron chi connectivity index (χ0n) is 14.0. The molecule has 7 nitrogen and oxygen atoms in total. The Balaban J connectivity index is 1.94. The van der Waals surface area contributed by atoms with Gasteiger partial charge in [-0.3, -0.25) is 4.79 Å². The van der Waals surface area contributed by atoms with E-state index in [1.807, 2.05) is 4.72 Å². The van der Waals surface area contributed by atoms with Crippen LogP contribution in [0.2, 0.25) is 20.1 Å². The number of rotatable bonds is 4. The van der Waals surface area contributed by atoms with E-state index >= 15 is 0 Å². The molecule has 0 saturated carbocycles. The van der Waals surface area contributed by atoms with Crippen LogP contribution in [0.3, 0.4) is 0 Å². The van der Waals surface area contributed by atoms with Gasteiger partial charge in [0.05, 0.1) is 16.4 Å². The number of benzene rings is 2. The molecule has 0 bridgehead atoms. The number of hydrogen-bond acceptors (Lipinski definition) is 5. The highest BCUT2D eigenvalue weighted by atomic mass is 35.5. The first-order chi connectivity index (χ1) is 13.1. The van der Waals surface area contributed by atoms with E-state index in [2.05, 4.69) is 10.3 Å². The smallest absolute Gasteiger partial charge is 0.266 e. The van der Waals surface area contributed by atoms with E-state index in [1.54, 1.807) is 19.1 Å². The fourth-order valence-corrected chi connectivity index (χ4v) is 4.59. The van der Waals surface area contributed by atoms with Crippen molar-refractivity contribution in [2.45, 2.75) is 11.8 Å². The van der Waals surface area contributed by atoms with E-state index in [9.17, 15) is 13.2 Å². The van der Waals surface area contributed by atoms with Gasteiger partial charge in [0.1, 0.15) is 4.90 Å². The number of aromatic nitrogens is 3. The summed E-state index contributed by atoms with van der Waals surface area (Å²) in [4.78, 5) is 12.2. The normalized spacial score (nSPS) is 11.5. The molecule has 0 unspecified atom stereocenters. The third-order valence-electron chi connectivity index (χ3n) is 3.61. The maximum absolute atomic E-state index is 12.5. The lowest BCUT2D eigenvalue weighted by atomic mass is 10.3. The van der Waals surface area contributed by atoms with Crippen LogP contribution in [0.15, 0.2) is 41.3 Å². The number of amides is 1. The number of carbonyl (C=O) groups is 1. The summed E-state index contributed by atoms with van der Waals surface area (Å²) in [5.41, 5.74) is 0.545. The minimum Gasteiger partial charge on any atom is -0.266 e. The molecule has 2 aromatic carbocycles. The first kappa shape index (κ1) is 20.9. The molecule has 0 fully saturated rings. The molecule has 1 N–H and O–H groups in total. The van der Waals surface area contributed by atoms with Crippen molar-refractivity contribution in [3.8, 4) is 5.69 Å². The second kappa shape index (κ2) is 7.88. The van der Waals surface area contributed by atoms with E-state index in [-0.39, 0.29) is 26.3 Å². The topological polar surface area (TPSA) is 93.9 Å². The van der Waals surface area contributed by atoms with Gasteiger partial charge in [0.2, 0.25) is 0 Å². The molecule has 0 aliphatic rings. The lowest BCUT2D eigenvalue weighted by Crippen LogP contribution is -2.31. The van der Waals surface area contributed by atoms with Crippen LogP contribution in [0.5, 0.6) is 0 Å². The van der Waals surface area contributed by atoms with Crippen LogP contribution in [-0.4, -0.2) is 29.3 Å². The van der Waals surface area contributed by atoms with Gasteiger partial charge in [0.15, 0.2) is 5.69 Å². The maximum atomic E-state index is 12.5. The van der Waals surface area contributed by atoms with Crippen molar-refractivity contribution < 1.29 is 13.2 Å². The molecule has 0 aliphatic carbocycles. The first-order valence-electron chi connectivity index (χ1n) is 7.49. The number of sulfonamides is 1. The molecule has 0 spiro atoms. The van der Waals surface area contributed by atoms with Crippen LogP contribution < -0.4 is 4.72 Å². The maximum Gasteiger partial charge on any atom is 0.287 e.